The van der Waals surface area contributed by atoms with Crippen LogP contribution >= 0.6 is 15.9 Å². The number of rotatable bonds is 4. The van der Waals surface area contributed by atoms with Crippen molar-refractivity contribution in [2.75, 3.05) is 5.33 Å². The minimum atomic E-state index is -1.14. The normalized spacial score (nSPS) is 14.6. The third-order valence-electron chi connectivity index (χ3n) is 1.87. The average Bonchev–Trinajstić information content (AvgIpc) is 2.27. The first-order chi connectivity index (χ1) is 7.06. The minimum Gasteiger partial charge on any atom is -0.478 e. The molecule has 0 radical (unpaired) electrons. The fourth-order valence-corrected chi connectivity index (χ4v) is 1.40. The van der Waals surface area contributed by atoms with Crippen LogP contribution in [0.2, 0.25) is 0 Å². The summed E-state index contributed by atoms with van der Waals surface area (Å²) >= 11 is 3.01. The number of halogens is 1. The lowest BCUT2D eigenvalue weighted by Gasteiger charge is -2.15. The van der Waals surface area contributed by atoms with Crippen LogP contribution in [0, 0.1) is 0 Å². The van der Waals surface area contributed by atoms with E-state index in [4.69, 9.17) is 5.11 Å². The van der Waals surface area contributed by atoms with E-state index in [2.05, 4.69) is 20.9 Å². The van der Waals surface area contributed by atoms with Crippen LogP contribution in [0.15, 0.2) is 18.5 Å². The highest BCUT2D eigenvalue weighted by Crippen LogP contribution is 2.18. The Morgan fingerprint density at radius 3 is 2.67 bits per heavy atom. The molecule has 0 aliphatic rings. The van der Waals surface area contributed by atoms with Crippen molar-refractivity contribution < 1.29 is 20.1 Å². The lowest BCUT2D eigenvalue weighted by Crippen LogP contribution is -2.20. The van der Waals surface area contributed by atoms with Gasteiger partial charge < -0.3 is 15.3 Å². The second-order valence-electron chi connectivity index (χ2n) is 2.98. The standard InChI is InChI=1S/C9H10BrNO4/c10-2-7(12)8(13)5-1-6(9(14)15)4-11-3-5/h1,3-4,7-8,12-13H,2H2,(H,14,15). The summed E-state index contributed by atoms with van der Waals surface area (Å²) in [6.07, 6.45) is 0.370. The van der Waals surface area contributed by atoms with Crippen LogP contribution in [0.4, 0.5) is 0 Å². The van der Waals surface area contributed by atoms with Crippen LogP contribution < -0.4 is 0 Å². The molecule has 1 heterocycles. The van der Waals surface area contributed by atoms with Crippen LogP contribution in [0.25, 0.3) is 0 Å². The molecular weight excluding hydrogens is 266 g/mol. The van der Waals surface area contributed by atoms with Crippen molar-refractivity contribution in [1.82, 2.24) is 4.98 Å². The third kappa shape index (κ3) is 2.98. The van der Waals surface area contributed by atoms with E-state index in [1.54, 1.807) is 0 Å². The molecular formula is C9H10BrNO4. The monoisotopic (exact) mass is 275 g/mol. The van der Waals surface area contributed by atoms with E-state index >= 15 is 0 Å². The predicted octanol–water partition coefficient (Wildman–Crippen LogP) is 0.569. The highest BCUT2D eigenvalue weighted by molar-refractivity contribution is 9.09. The fraction of sp³-hybridized carbons (Fsp3) is 0.333. The number of aromatic nitrogens is 1. The van der Waals surface area contributed by atoms with E-state index in [-0.39, 0.29) is 16.5 Å². The molecule has 6 heteroatoms. The molecule has 1 rings (SSSR count). The number of aliphatic hydroxyl groups is 2. The number of hydrogen-bond donors (Lipinski definition) is 3. The number of pyridine rings is 1. The van der Waals surface area contributed by atoms with E-state index in [1.807, 2.05) is 0 Å². The van der Waals surface area contributed by atoms with Gasteiger partial charge in [0.15, 0.2) is 0 Å². The van der Waals surface area contributed by atoms with E-state index < -0.39 is 18.2 Å². The van der Waals surface area contributed by atoms with Gasteiger partial charge in [0.2, 0.25) is 0 Å². The van der Waals surface area contributed by atoms with Crippen LogP contribution in [0.1, 0.15) is 22.0 Å². The maximum Gasteiger partial charge on any atom is 0.337 e. The Hall–Kier alpha value is -0.980. The number of aromatic carboxylic acids is 1. The number of hydrogen-bond acceptors (Lipinski definition) is 4. The molecule has 0 spiro atoms. The van der Waals surface area contributed by atoms with Crippen molar-refractivity contribution in [1.29, 1.82) is 0 Å². The van der Waals surface area contributed by atoms with Crippen molar-refractivity contribution in [3.05, 3.63) is 29.6 Å². The molecule has 0 saturated heterocycles. The van der Waals surface area contributed by atoms with E-state index in [9.17, 15) is 15.0 Å². The van der Waals surface area contributed by atoms with E-state index in [1.165, 1.54) is 18.5 Å². The lowest BCUT2D eigenvalue weighted by molar-refractivity contribution is 0.0339. The summed E-state index contributed by atoms with van der Waals surface area (Å²) in [4.78, 5) is 14.3. The Morgan fingerprint density at radius 2 is 2.13 bits per heavy atom. The largest absolute Gasteiger partial charge is 0.478 e. The molecule has 0 amide bonds. The highest BCUT2D eigenvalue weighted by Gasteiger charge is 2.18. The first-order valence-corrected chi connectivity index (χ1v) is 5.28. The first-order valence-electron chi connectivity index (χ1n) is 4.16. The molecule has 0 saturated carbocycles. The number of carboxylic acids is 1. The maximum absolute atomic E-state index is 10.6. The zero-order valence-corrected chi connectivity index (χ0v) is 9.25. The Labute approximate surface area is 94.5 Å². The van der Waals surface area contributed by atoms with Crippen molar-refractivity contribution in [3.8, 4) is 0 Å². The van der Waals surface area contributed by atoms with E-state index in [0.29, 0.717) is 0 Å². The average molecular weight is 276 g/mol. The van der Waals surface area contributed by atoms with Gasteiger partial charge in [-0.3, -0.25) is 4.98 Å². The zero-order valence-electron chi connectivity index (χ0n) is 7.67. The number of aliphatic hydroxyl groups excluding tert-OH is 2. The first kappa shape index (κ1) is 12.1. The molecule has 2 unspecified atom stereocenters. The van der Waals surface area contributed by atoms with E-state index in [0.717, 1.165) is 0 Å². The van der Waals surface area contributed by atoms with Crippen LogP contribution in [-0.2, 0) is 0 Å². The lowest BCUT2D eigenvalue weighted by atomic mass is 10.1. The van der Waals surface area contributed by atoms with Gasteiger partial charge in [-0.15, -0.1) is 0 Å². The summed E-state index contributed by atoms with van der Waals surface area (Å²) in [5.41, 5.74) is 0.259. The van der Waals surface area contributed by atoms with Gasteiger partial charge in [0.1, 0.15) is 6.10 Å². The molecule has 0 aromatic carbocycles. The molecule has 15 heavy (non-hydrogen) atoms. The number of carbonyl (C=O) groups is 1. The summed E-state index contributed by atoms with van der Waals surface area (Å²) in [5.74, 6) is -1.12. The second-order valence-corrected chi connectivity index (χ2v) is 3.63. The van der Waals surface area contributed by atoms with Gasteiger partial charge in [-0.05, 0) is 6.07 Å². The molecule has 3 N–H and O–H groups in total. The Balaban J connectivity index is 2.94. The fourth-order valence-electron chi connectivity index (χ4n) is 1.04. The third-order valence-corrected chi connectivity index (χ3v) is 2.53. The molecule has 1 aromatic rings. The SMILES string of the molecule is O=C(O)c1cncc(C(O)C(O)CBr)c1. The van der Waals surface area contributed by atoms with Gasteiger partial charge in [0, 0.05) is 23.3 Å². The molecule has 0 bridgehead atoms. The van der Waals surface area contributed by atoms with Gasteiger partial charge in [-0.1, -0.05) is 15.9 Å². The molecule has 1 aromatic heterocycles. The van der Waals surface area contributed by atoms with Gasteiger partial charge in [-0.25, -0.2) is 4.79 Å². The summed E-state index contributed by atoms with van der Waals surface area (Å²) in [6, 6.07) is 1.28. The van der Waals surface area contributed by atoms with Crippen molar-refractivity contribution in [2.45, 2.75) is 12.2 Å². The Bertz CT molecular complexity index is 358. The minimum absolute atomic E-state index is 0.0201. The Kier molecular flexibility index (Phi) is 4.19. The number of nitrogens with zero attached hydrogens (tertiary/aromatic N) is 1. The predicted molar refractivity (Wildman–Crippen MR) is 56.0 cm³/mol. The number of alkyl halides is 1. The van der Waals surface area contributed by atoms with Crippen molar-refractivity contribution in [3.63, 3.8) is 0 Å². The van der Waals surface area contributed by atoms with Gasteiger partial charge in [-0.2, -0.15) is 0 Å². The highest BCUT2D eigenvalue weighted by atomic mass is 79.9. The molecule has 2 atom stereocenters. The number of carboxylic acid groups (broad SMARTS) is 1. The molecule has 0 aliphatic heterocycles. The quantitative estimate of drug-likeness (QED) is 0.699. The van der Waals surface area contributed by atoms with Crippen LogP contribution in [-0.4, -0.2) is 37.7 Å². The molecule has 82 valence electrons. The van der Waals surface area contributed by atoms with Crippen molar-refractivity contribution >= 4 is 21.9 Å². The maximum atomic E-state index is 10.6. The second kappa shape index (κ2) is 5.20. The summed E-state index contributed by atoms with van der Waals surface area (Å²) in [7, 11) is 0. The zero-order chi connectivity index (χ0) is 11.4. The Morgan fingerprint density at radius 1 is 1.47 bits per heavy atom. The van der Waals surface area contributed by atoms with Gasteiger partial charge >= 0.3 is 5.97 Å². The molecule has 0 fully saturated rings. The van der Waals surface area contributed by atoms with Crippen LogP contribution in [0.5, 0.6) is 0 Å². The molecule has 0 aliphatic carbocycles. The smallest absolute Gasteiger partial charge is 0.337 e. The van der Waals surface area contributed by atoms with Gasteiger partial charge in [0.05, 0.1) is 11.7 Å². The van der Waals surface area contributed by atoms with Crippen molar-refractivity contribution in [2.24, 2.45) is 0 Å². The summed E-state index contributed by atoms with van der Waals surface area (Å²) in [5, 5.41) is 27.8. The van der Waals surface area contributed by atoms with Crippen LogP contribution in [0.3, 0.4) is 0 Å². The summed E-state index contributed by atoms with van der Waals surface area (Å²) < 4.78 is 0. The summed E-state index contributed by atoms with van der Waals surface area (Å²) in [6.45, 7) is 0. The topological polar surface area (TPSA) is 90.7 Å². The molecule has 5 nitrogen and oxygen atoms in total. The van der Waals surface area contributed by atoms with Gasteiger partial charge in [0.25, 0.3) is 0 Å².